The lowest BCUT2D eigenvalue weighted by Crippen LogP contribution is -2.35. The Bertz CT molecular complexity index is 410. The molecule has 0 saturated carbocycles. The lowest BCUT2D eigenvalue weighted by molar-refractivity contribution is 0.101. The van der Waals surface area contributed by atoms with Gasteiger partial charge in [-0.25, -0.2) is 4.98 Å². The summed E-state index contributed by atoms with van der Waals surface area (Å²) < 4.78 is 0. The van der Waals surface area contributed by atoms with E-state index in [2.05, 4.69) is 24.1 Å². The first-order chi connectivity index (χ1) is 6.98. The van der Waals surface area contributed by atoms with Crippen molar-refractivity contribution in [2.45, 2.75) is 39.2 Å². The molecular formula is C12H16N2O. The topological polar surface area (TPSA) is 42.0 Å². The fourth-order valence-corrected chi connectivity index (χ4v) is 1.84. The van der Waals surface area contributed by atoms with E-state index < -0.39 is 0 Å². The van der Waals surface area contributed by atoms with Gasteiger partial charge in [0.25, 0.3) is 0 Å². The average molecular weight is 204 g/mol. The molecule has 80 valence electrons. The molecule has 0 amide bonds. The first kappa shape index (κ1) is 10.1. The van der Waals surface area contributed by atoms with Gasteiger partial charge < -0.3 is 5.32 Å². The van der Waals surface area contributed by atoms with Crippen molar-refractivity contribution < 1.29 is 4.79 Å². The number of fused-ring (bicyclic) bond motifs is 1. The molecule has 3 nitrogen and oxygen atoms in total. The second kappa shape index (κ2) is 3.33. The smallest absolute Gasteiger partial charge is 0.161 e. The molecule has 0 spiro atoms. The molecule has 0 fully saturated rings. The summed E-state index contributed by atoms with van der Waals surface area (Å²) in [7, 11) is 0. The van der Waals surface area contributed by atoms with Gasteiger partial charge in [-0.2, -0.15) is 0 Å². The molecule has 1 N–H and O–H groups in total. The predicted molar refractivity (Wildman–Crippen MR) is 60.3 cm³/mol. The zero-order chi connectivity index (χ0) is 11.1. The van der Waals surface area contributed by atoms with Gasteiger partial charge in [-0.1, -0.05) is 0 Å². The number of ketones is 1. The number of carbonyl (C=O) groups is 1. The van der Waals surface area contributed by atoms with Gasteiger partial charge in [0, 0.05) is 17.3 Å². The summed E-state index contributed by atoms with van der Waals surface area (Å²) in [6, 6.07) is 1.95. The van der Waals surface area contributed by atoms with Crippen LogP contribution in [0, 0.1) is 0 Å². The Morgan fingerprint density at radius 2 is 2.27 bits per heavy atom. The van der Waals surface area contributed by atoms with Crippen LogP contribution in [0.3, 0.4) is 0 Å². The molecule has 1 aliphatic heterocycles. The molecule has 0 saturated heterocycles. The summed E-state index contributed by atoms with van der Waals surface area (Å²) in [5, 5.41) is 3.38. The van der Waals surface area contributed by atoms with Crippen LogP contribution in [0.4, 0.5) is 5.82 Å². The number of aryl methyl sites for hydroxylation is 1. The molecule has 1 aromatic rings. The van der Waals surface area contributed by atoms with Crippen LogP contribution < -0.4 is 5.32 Å². The highest BCUT2D eigenvalue weighted by molar-refractivity contribution is 5.94. The molecule has 0 radical (unpaired) electrons. The van der Waals surface area contributed by atoms with Crippen molar-refractivity contribution in [3.8, 4) is 0 Å². The highest BCUT2D eigenvalue weighted by atomic mass is 16.1. The third-order valence-corrected chi connectivity index (χ3v) is 2.85. The molecule has 15 heavy (non-hydrogen) atoms. The van der Waals surface area contributed by atoms with Crippen molar-refractivity contribution in [3.63, 3.8) is 0 Å². The van der Waals surface area contributed by atoms with Crippen LogP contribution in [0.15, 0.2) is 12.3 Å². The average Bonchev–Trinajstić information content (AvgIpc) is 2.15. The molecule has 0 aliphatic carbocycles. The molecule has 0 atom stereocenters. The zero-order valence-corrected chi connectivity index (χ0v) is 9.42. The molecule has 2 rings (SSSR count). The second-order valence-electron chi connectivity index (χ2n) is 4.80. The summed E-state index contributed by atoms with van der Waals surface area (Å²) in [5.74, 6) is 1.01. The number of nitrogens with zero attached hydrogens (tertiary/aromatic N) is 1. The standard InChI is InChI=1S/C12H16N2O/c1-8(15)10-6-9-4-5-12(2,3)14-11(9)13-7-10/h6-7H,4-5H2,1-3H3,(H,13,14). The van der Waals surface area contributed by atoms with E-state index >= 15 is 0 Å². The fraction of sp³-hybridized carbons (Fsp3) is 0.500. The van der Waals surface area contributed by atoms with Gasteiger partial charge in [0.2, 0.25) is 0 Å². The van der Waals surface area contributed by atoms with E-state index in [0.29, 0.717) is 5.56 Å². The first-order valence-electron chi connectivity index (χ1n) is 5.26. The monoisotopic (exact) mass is 204 g/mol. The van der Waals surface area contributed by atoms with Crippen molar-refractivity contribution in [3.05, 3.63) is 23.4 Å². The van der Waals surface area contributed by atoms with E-state index in [0.717, 1.165) is 24.2 Å². The van der Waals surface area contributed by atoms with Crippen LogP contribution in [-0.2, 0) is 6.42 Å². The summed E-state index contributed by atoms with van der Waals surface area (Å²) in [6.07, 6.45) is 3.71. The van der Waals surface area contributed by atoms with E-state index in [1.54, 1.807) is 13.1 Å². The third kappa shape index (κ3) is 2.01. The number of pyridine rings is 1. The van der Waals surface area contributed by atoms with Crippen LogP contribution in [0.5, 0.6) is 0 Å². The van der Waals surface area contributed by atoms with Crippen molar-refractivity contribution in [2.24, 2.45) is 0 Å². The number of hydrogen-bond donors (Lipinski definition) is 1. The van der Waals surface area contributed by atoms with Crippen molar-refractivity contribution in [1.82, 2.24) is 4.98 Å². The van der Waals surface area contributed by atoms with Gasteiger partial charge in [0.15, 0.2) is 5.78 Å². The lowest BCUT2D eigenvalue weighted by atomic mass is 9.90. The Balaban J connectivity index is 2.36. The van der Waals surface area contributed by atoms with E-state index in [1.165, 1.54) is 0 Å². The highest BCUT2D eigenvalue weighted by Crippen LogP contribution is 2.29. The number of hydrogen-bond acceptors (Lipinski definition) is 3. The fourth-order valence-electron chi connectivity index (χ4n) is 1.84. The van der Waals surface area contributed by atoms with Crippen LogP contribution in [0.2, 0.25) is 0 Å². The van der Waals surface area contributed by atoms with Gasteiger partial charge in [-0.05, 0) is 45.2 Å². The normalized spacial score (nSPS) is 17.8. The Labute approximate surface area is 89.9 Å². The van der Waals surface area contributed by atoms with Crippen molar-refractivity contribution in [1.29, 1.82) is 0 Å². The Morgan fingerprint density at radius 1 is 1.53 bits per heavy atom. The molecule has 3 heteroatoms. The largest absolute Gasteiger partial charge is 0.365 e. The second-order valence-corrected chi connectivity index (χ2v) is 4.80. The zero-order valence-electron chi connectivity index (χ0n) is 9.42. The minimum atomic E-state index is 0.0788. The minimum Gasteiger partial charge on any atom is -0.365 e. The summed E-state index contributed by atoms with van der Waals surface area (Å²) in [4.78, 5) is 15.5. The molecule has 1 aromatic heterocycles. The van der Waals surface area contributed by atoms with Crippen molar-refractivity contribution in [2.75, 3.05) is 5.32 Å². The molecular weight excluding hydrogens is 188 g/mol. The maximum absolute atomic E-state index is 11.2. The lowest BCUT2D eigenvalue weighted by Gasteiger charge is -2.32. The molecule has 1 aliphatic rings. The number of rotatable bonds is 1. The van der Waals surface area contributed by atoms with E-state index in [4.69, 9.17) is 0 Å². The van der Waals surface area contributed by atoms with Gasteiger partial charge in [0.1, 0.15) is 5.82 Å². The van der Waals surface area contributed by atoms with Crippen LogP contribution >= 0.6 is 0 Å². The summed E-state index contributed by atoms with van der Waals surface area (Å²) in [6.45, 7) is 5.90. The van der Waals surface area contributed by atoms with Crippen LogP contribution in [-0.4, -0.2) is 16.3 Å². The van der Waals surface area contributed by atoms with Crippen LogP contribution in [0.25, 0.3) is 0 Å². The predicted octanol–water partition coefficient (Wildman–Crippen LogP) is 2.42. The highest BCUT2D eigenvalue weighted by Gasteiger charge is 2.25. The first-order valence-corrected chi connectivity index (χ1v) is 5.26. The maximum atomic E-state index is 11.2. The van der Waals surface area contributed by atoms with Crippen molar-refractivity contribution >= 4 is 11.6 Å². The number of carbonyl (C=O) groups excluding carboxylic acids is 1. The number of nitrogens with one attached hydrogen (secondary N) is 1. The van der Waals surface area contributed by atoms with E-state index in [9.17, 15) is 4.79 Å². The Kier molecular flexibility index (Phi) is 2.25. The molecule has 0 bridgehead atoms. The quantitative estimate of drug-likeness (QED) is 0.714. The summed E-state index contributed by atoms with van der Waals surface area (Å²) in [5.41, 5.74) is 1.97. The van der Waals surface area contributed by atoms with Gasteiger partial charge in [-0.3, -0.25) is 4.79 Å². The number of aromatic nitrogens is 1. The van der Waals surface area contributed by atoms with E-state index in [1.807, 2.05) is 6.07 Å². The maximum Gasteiger partial charge on any atom is 0.161 e. The Hall–Kier alpha value is -1.38. The van der Waals surface area contributed by atoms with Gasteiger partial charge >= 0.3 is 0 Å². The minimum absolute atomic E-state index is 0.0788. The van der Waals surface area contributed by atoms with E-state index in [-0.39, 0.29) is 11.3 Å². The Morgan fingerprint density at radius 3 is 2.93 bits per heavy atom. The van der Waals surface area contributed by atoms with Gasteiger partial charge in [0.05, 0.1) is 0 Å². The molecule has 0 aromatic carbocycles. The third-order valence-electron chi connectivity index (χ3n) is 2.85. The summed E-state index contributed by atoms with van der Waals surface area (Å²) >= 11 is 0. The van der Waals surface area contributed by atoms with Gasteiger partial charge in [-0.15, -0.1) is 0 Å². The molecule has 0 unspecified atom stereocenters. The number of Topliss-reactive ketones (excluding diaryl/α,β-unsaturated/α-hetero) is 1. The SMILES string of the molecule is CC(=O)c1cnc2c(c1)CCC(C)(C)N2. The molecule has 2 heterocycles. The van der Waals surface area contributed by atoms with Crippen LogP contribution in [0.1, 0.15) is 43.1 Å². The number of anilines is 1.